The van der Waals surface area contributed by atoms with Crippen molar-refractivity contribution in [3.8, 4) is 22.8 Å². The van der Waals surface area contributed by atoms with E-state index in [0.29, 0.717) is 6.54 Å². The molecule has 0 fully saturated rings. The van der Waals surface area contributed by atoms with Crippen LogP contribution in [0.15, 0.2) is 66.0 Å². The van der Waals surface area contributed by atoms with Gasteiger partial charge in [-0.2, -0.15) is 5.10 Å². The summed E-state index contributed by atoms with van der Waals surface area (Å²) in [4.78, 5) is 12.4. The maximum atomic E-state index is 12.4. The van der Waals surface area contributed by atoms with Gasteiger partial charge >= 0.3 is 0 Å². The Bertz CT molecular complexity index is 1230. The molecule has 0 aliphatic heterocycles. The molecule has 8 nitrogen and oxygen atoms in total. The zero-order chi connectivity index (χ0) is 23.2. The average Bonchev–Trinajstić information content (AvgIpc) is 3.48. The molecule has 2 aromatic heterocycles. The largest absolute Gasteiger partial charge is 0.497 e. The number of carbonyl (C=O) groups is 1. The fourth-order valence-electron chi connectivity index (χ4n) is 3.41. The second-order valence-corrected chi connectivity index (χ2v) is 8.32. The monoisotopic (exact) mass is 462 g/mol. The van der Waals surface area contributed by atoms with Gasteiger partial charge in [-0.3, -0.25) is 4.79 Å². The number of benzene rings is 2. The van der Waals surface area contributed by atoms with Crippen LogP contribution in [0.25, 0.3) is 17.1 Å². The number of aryl methyl sites for hydroxylation is 1. The van der Waals surface area contributed by atoms with Gasteiger partial charge in [0.1, 0.15) is 5.75 Å². The van der Waals surface area contributed by atoms with Gasteiger partial charge in [-0.1, -0.05) is 36.0 Å². The molecular formula is C24H26N6O2S. The molecule has 2 heterocycles. The van der Waals surface area contributed by atoms with E-state index in [9.17, 15) is 4.79 Å². The van der Waals surface area contributed by atoms with Gasteiger partial charge in [-0.15, -0.1) is 10.2 Å². The molecule has 9 heteroatoms. The second kappa shape index (κ2) is 10.4. The summed E-state index contributed by atoms with van der Waals surface area (Å²) in [5.74, 6) is 1.79. The zero-order valence-corrected chi connectivity index (χ0v) is 19.7. The van der Waals surface area contributed by atoms with Crippen LogP contribution in [0.5, 0.6) is 5.75 Å². The first-order chi connectivity index (χ1) is 16.1. The van der Waals surface area contributed by atoms with E-state index in [2.05, 4.69) is 40.5 Å². The molecule has 0 radical (unpaired) electrons. The smallest absolute Gasteiger partial charge is 0.230 e. The summed E-state index contributed by atoms with van der Waals surface area (Å²) in [5.41, 5.74) is 3.90. The summed E-state index contributed by atoms with van der Waals surface area (Å²) in [6.07, 6.45) is 1.87. The van der Waals surface area contributed by atoms with E-state index in [0.717, 1.165) is 45.8 Å². The fraction of sp³-hybridized carbons (Fsp3) is 0.250. The topological polar surface area (TPSA) is 86.9 Å². The first kappa shape index (κ1) is 22.6. The number of methoxy groups -OCH3 is 1. The van der Waals surface area contributed by atoms with Gasteiger partial charge in [-0.25, -0.2) is 4.68 Å². The minimum Gasteiger partial charge on any atom is -0.497 e. The molecule has 170 valence electrons. The molecule has 2 aromatic carbocycles. The van der Waals surface area contributed by atoms with Crippen LogP contribution in [0.4, 0.5) is 0 Å². The molecule has 0 aliphatic rings. The number of ether oxygens (including phenoxy) is 1. The van der Waals surface area contributed by atoms with Crippen molar-refractivity contribution >= 4 is 17.7 Å². The Balaban J connectivity index is 1.33. The molecule has 1 amide bonds. The minimum absolute atomic E-state index is 0.0814. The lowest BCUT2D eigenvalue weighted by Gasteiger charge is -2.09. The van der Waals surface area contributed by atoms with E-state index in [1.165, 1.54) is 11.8 Å². The molecule has 0 bridgehead atoms. The molecule has 0 atom stereocenters. The SMILES string of the molecule is CCn1c(SCC(=O)NCc2ccn(-c3ccc(OC)cc3)n2)nnc1-c1ccccc1C. The summed E-state index contributed by atoms with van der Waals surface area (Å²) < 4.78 is 8.99. The molecule has 4 aromatic rings. The van der Waals surface area contributed by atoms with Crippen molar-refractivity contribution in [2.75, 3.05) is 12.9 Å². The zero-order valence-electron chi connectivity index (χ0n) is 18.9. The summed E-state index contributed by atoms with van der Waals surface area (Å²) in [5, 5.41) is 16.9. The maximum absolute atomic E-state index is 12.4. The summed E-state index contributed by atoms with van der Waals surface area (Å²) >= 11 is 1.38. The lowest BCUT2D eigenvalue weighted by atomic mass is 10.1. The molecule has 4 rings (SSSR count). The van der Waals surface area contributed by atoms with Gasteiger partial charge in [0.25, 0.3) is 0 Å². The summed E-state index contributed by atoms with van der Waals surface area (Å²) in [7, 11) is 1.64. The Labute approximate surface area is 197 Å². The first-order valence-corrected chi connectivity index (χ1v) is 11.6. The number of thioether (sulfide) groups is 1. The van der Waals surface area contributed by atoms with Crippen molar-refractivity contribution < 1.29 is 9.53 Å². The van der Waals surface area contributed by atoms with Crippen LogP contribution in [-0.2, 0) is 17.9 Å². The van der Waals surface area contributed by atoms with Crippen molar-refractivity contribution in [1.82, 2.24) is 29.9 Å². The first-order valence-electron chi connectivity index (χ1n) is 10.7. The van der Waals surface area contributed by atoms with Crippen LogP contribution in [0.3, 0.4) is 0 Å². The maximum Gasteiger partial charge on any atom is 0.230 e. The number of aromatic nitrogens is 5. The Morgan fingerprint density at radius 2 is 1.88 bits per heavy atom. The Hall–Kier alpha value is -3.59. The quantitative estimate of drug-likeness (QED) is 0.380. The van der Waals surface area contributed by atoms with Crippen molar-refractivity contribution in [3.05, 3.63) is 72.1 Å². The predicted molar refractivity (Wildman–Crippen MR) is 129 cm³/mol. The highest BCUT2D eigenvalue weighted by molar-refractivity contribution is 7.99. The van der Waals surface area contributed by atoms with Crippen LogP contribution in [0.1, 0.15) is 18.2 Å². The van der Waals surface area contributed by atoms with Gasteiger partial charge in [0.2, 0.25) is 5.91 Å². The highest BCUT2D eigenvalue weighted by atomic mass is 32.2. The molecule has 0 unspecified atom stereocenters. The highest BCUT2D eigenvalue weighted by Crippen LogP contribution is 2.26. The normalized spacial score (nSPS) is 10.9. The second-order valence-electron chi connectivity index (χ2n) is 7.38. The number of rotatable bonds is 9. The molecule has 0 saturated heterocycles. The van der Waals surface area contributed by atoms with Crippen LogP contribution in [-0.4, -0.2) is 43.3 Å². The van der Waals surface area contributed by atoms with Crippen LogP contribution < -0.4 is 10.1 Å². The standard InChI is InChI=1S/C24H26N6O2S/c1-4-29-23(21-8-6-5-7-17(21)2)26-27-24(29)33-16-22(31)25-15-18-13-14-30(28-18)19-9-11-20(32-3)12-10-19/h5-14H,4,15-16H2,1-3H3,(H,25,31). The van der Waals surface area contributed by atoms with Crippen LogP contribution in [0, 0.1) is 6.92 Å². The molecule has 0 saturated carbocycles. The summed E-state index contributed by atoms with van der Waals surface area (Å²) in [6.45, 7) is 5.19. The van der Waals surface area contributed by atoms with Crippen molar-refractivity contribution in [2.45, 2.75) is 32.1 Å². The van der Waals surface area contributed by atoms with Crippen molar-refractivity contribution in [2.24, 2.45) is 0 Å². The van der Waals surface area contributed by atoms with Crippen molar-refractivity contribution in [3.63, 3.8) is 0 Å². The molecule has 1 N–H and O–H groups in total. The number of nitrogens with one attached hydrogen (secondary N) is 1. The van der Waals surface area contributed by atoms with Crippen molar-refractivity contribution in [1.29, 1.82) is 0 Å². The molecular weight excluding hydrogens is 436 g/mol. The van der Waals surface area contributed by atoms with E-state index in [1.807, 2.05) is 59.3 Å². The Kier molecular flexibility index (Phi) is 7.09. The number of nitrogens with zero attached hydrogens (tertiary/aromatic N) is 5. The van der Waals surface area contributed by atoms with E-state index >= 15 is 0 Å². The number of hydrogen-bond donors (Lipinski definition) is 1. The molecule has 33 heavy (non-hydrogen) atoms. The number of hydrogen-bond acceptors (Lipinski definition) is 6. The number of carbonyl (C=O) groups excluding carboxylic acids is 1. The van der Waals surface area contributed by atoms with Crippen LogP contribution >= 0.6 is 11.8 Å². The fourth-order valence-corrected chi connectivity index (χ4v) is 4.24. The van der Waals surface area contributed by atoms with Gasteiger partial charge in [0.05, 0.1) is 30.8 Å². The highest BCUT2D eigenvalue weighted by Gasteiger charge is 2.16. The lowest BCUT2D eigenvalue weighted by Crippen LogP contribution is -2.25. The lowest BCUT2D eigenvalue weighted by molar-refractivity contribution is -0.118. The minimum atomic E-state index is -0.0814. The van der Waals surface area contributed by atoms with E-state index in [1.54, 1.807) is 11.8 Å². The Morgan fingerprint density at radius 3 is 2.61 bits per heavy atom. The third-order valence-electron chi connectivity index (χ3n) is 5.20. The van der Waals surface area contributed by atoms with E-state index in [4.69, 9.17) is 4.74 Å². The van der Waals surface area contributed by atoms with E-state index in [-0.39, 0.29) is 11.7 Å². The van der Waals surface area contributed by atoms with Gasteiger partial charge in [0, 0.05) is 18.3 Å². The summed E-state index contributed by atoms with van der Waals surface area (Å²) in [6, 6.07) is 17.6. The molecule has 0 aliphatic carbocycles. The predicted octanol–water partition coefficient (Wildman–Crippen LogP) is 3.88. The number of amides is 1. The van der Waals surface area contributed by atoms with Crippen LogP contribution in [0.2, 0.25) is 0 Å². The molecule has 0 spiro atoms. The third-order valence-corrected chi connectivity index (χ3v) is 6.17. The van der Waals surface area contributed by atoms with Gasteiger partial charge in [0.15, 0.2) is 11.0 Å². The van der Waals surface area contributed by atoms with E-state index < -0.39 is 0 Å². The van der Waals surface area contributed by atoms with Gasteiger partial charge in [-0.05, 0) is 49.7 Å². The third kappa shape index (κ3) is 5.25. The Morgan fingerprint density at radius 1 is 1.09 bits per heavy atom. The van der Waals surface area contributed by atoms with Gasteiger partial charge < -0.3 is 14.6 Å². The average molecular weight is 463 g/mol.